The molecule has 4 heterocycles. The van der Waals surface area contributed by atoms with Crippen LogP contribution < -0.4 is 17.2 Å². The van der Waals surface area contributed by atoms with E-state index in [9.17, 15) is 29.4 Å². The number of hydrogen-bond donors (Lipinski definition) is 5. The van der Waals surface area contributed by atoms with Crippen molar-refractivity contribution in [1.29, 1.82) is 0 Å². The molecule has 16 nitrogen and oxygen atoms in total. The summed E-state index contributed by atoms with van der Waals surface area (Å²) in [4.78, 5) is 64.9. The standard InChI is InChI=1S/C18H17N5O3.C12H10BrN3O2.C7H9NO2/c1-23-8-7-18(26,17(23)25)6-5-11-3-2-4-12(9-11)13-10-21-15(19)14(22-13)16(20)24;1-18-12(17)10-11(14)15-6-9(16-10)7-3-2-4-8(13)5-7;1-3-7(10)4-5-8(2)6(7)9/h2-4,9-10,26H,7-8H2,1H3,(H2,19,21)(H2,20,24);2-6H,1H3,(H2,14,15);1,10H,4-5H2,2H3/t18-;;7-/m0.0/s1. The lowest BCUT2D eigenvalue weighted by molar-refractivity contribution is -0.138. The van der Waals surface area contributed by atoms with Gasteiger partial charge in [0.15, 0.2) is 23.0 Å². The topological polar surface area (TPSA) is 254 Å². The second-order valence-electron chi connectivity index (χ2n) is 12.0. The van der Waals surface area contributed by atoms with Crippen LogP contribution in [0.2, 0.25) is 0 Å². The first kappa shape index (κ1) is 40.4. The number of primary amides is 1. The van der Waals surface area contributed by atoms with Crippen molar-refractivity contribution in [1.82, 2.24) is 29.7 Å². The van der Waals surface area contributed by atoms with Crippen molar-refractivity contribution < 1.29 is 34.1 Å². The monoisotopic (exact) mass is 797 g/mol. The fourth-order valence-corrected chi connectivity index (χ4v) is 5.44. The summed E-state index contributed by atoms with van der Waals surface area (Å²) in [6.07, 6.45) is 8.53. The van der Waals surface area contributed by atoms with E-state index in [0.717, 1.165) is 10.0 Å². The zero-order valence-corrected chi connectivity index (χ0v) is 31.0. The highest BCUT2D eigenvalue weighted by Crippen LogP contribution is 2.24. The van der Waals surface area contributed by atoms with E-state index in [1.165, 1.54) is 29.3 Å². The molecule has 0 spiro atoms. The van der Waals surface area contributed by atoms with Gasteiger partial charge in [-0.15, -0.1) is 6.42 Å². The van der Waals surface area contributed by atoms with Gasteiger partial charge in [0.05, 0.1) is 30.9 Å². The number of halogens is 1. The fourth-order valence-electron chi connectivity index (χ4n) is 5.04. The Morgan fingerprint density at radius 1 is 0.870 bits per heavy atom. The van der Waals surface area contributed by atoms with Crippen molar-refractivity contribution in [2.75, 3.05) is 45.8 Å². The number of likely N-dealkylation sites (tertiary alicyclic amines) is 2. The van der Waals surface area contributed by atoms with Gasteiger partial charge in [0.25, 0.3) is 17.7 Å². The van der Waals surface area contributed by atoms with Crippen molar-refractivity contribution in [2.24, 2.45) is 5.73 Å². The van der Waals surface area contributed by atoms with Gasteiger partial charge in [-0.05, 0) is 24.3 Å². The van der Waals surface area contributed by atoms with Crippen molar-refractivity contribution in [2.45, 2.75) is 24.0 Å². The second kappa shape index (κ2) is 17.0. The zero-order valence-electron chi connectivity index (χ0n) is 29.4. The molecule has 6 rings (SSSR count). The number of benzene rings is 2. The Hall–Kier alpha value is -6.40. The SMILES string of the molecule is C#C[C@]1(O)CCN(C)C1=O.CN1CC[C@@](O)(C#Cc2cccc(-c3cnc(N)c(C(N)=O)n3)c2)C1=O.COC(=O)c1nc(-c2cccc(Br)c2)cnc1N. The van der Waals surface area contributed by atoms with Gasteiger partial charge in [0.2, 0.25) is 11.2 Å². The number of methoxy groups -OCH3 is 1. The maximum Gasteiger partial charge on any atom is 0.360 e. The number of hydrogen-bond acceptors (Lipinski definition) is 13. The first-order chi connectivity index (χ1) is 25.5. The average Bonchev–Trinajstić information content (AvgIpc) is 3.59. The Kier molecular flexibility index (Phi) is 12.7. The lowest BCUT2D eigenvalue weighted by Crippen LogP contribution is -2.37. The number of carbonyl (C=O) groups excluding carboxylic acids is 4. The Labute approximate surface area is 318 Å². The van der Waals surface area contributed by atoms with Gasteiger partial charge in [0, 0.05) is 61.2 Å². The van der Waals surface area contributed by atoms with Gasteiger partial charge in [-0.3, -0.25) is 14.4 Å². The zero-order chi connectivity index (χ0) is 39.8. The van der Waals surface area contributed by atoms with Crippen LogP contribution in [0.5, 0.6) is 0 Å². The highest BCUT2D eigenvalue weighted by Gasteiger charge is 2.43. The Morgan fingerprint density at radius 3 is 1.87 bits per heavy atom. The van der Waals surface area contributed by atoms with Crippen molar-refractivity contribution in [3.63, 3.8) is 0 Å². The number of aromatic nitrogens is 4. The molecule has 0 unspecified atom stereocenters. The summed E-state index contributed by atoms with van der Waals surface area (Å²) < 4.78 is 5.52. The number of nitrogens with zero attached hydrogens (tertiary/aromatic N) is 6. The third-order valence-corrected chi connectivity index (χ3v) is 8.66. The molecule has 0 saturated carbocycles. The highest BCUT2D eigenvalue weighted by molar-refractivity contribution is 9.10. The molecule has 2 saturated heterocycles. The number of rotatable bonds is 4. The number of carbonyl (C=O) groups is 4. The molecule has 0 bridgehead atoms. The van der Waals surface area contributed by atoms with Crippen LogP contribution in [-0.2, 0) is 14.3 Å². The molecule has 0 aliphatic carbocycles. The molecule has 4 aromatic rings. The van der Waals surface area contributed by atoms with Crippen molar-refractivity contribution >= 4 is 51.3 Å². The predicted molar refractivity (Wildman–Crippen MR) is 201 cm³/mol. The van der Waals surface area contributed by atoms with Gasteiger partial charge in [-0.25, -0.2) is 24.7 Å². The normalized spacial score (nSPS) is 18.6. The molecule has 2 fully saturated rings. The number of likely N-dealkylation sites (N-methyl/N-ethyl adjacent to an activating group) is 2. The summed E-state index contributed by atoms with van der Waals surface area (Å²) >= 11 is 3.37. The van der Waals surface area contributed by atoms with Gasteiger partial charge in [0.1, 0.15) is 0 Å². The van der Waals surface area contributed by atoms with E-state index in [1.54, 1.807) is 38.4 Å². The number of amides is 3. The summed E-state index contributed by atoms with van der Waals surface area (Å²) in [6, 6.07) is 14.5. The minimum absolute atomic E-state index is 0.0231. The van der Waals surface area contributed by atoms with Gasteiger partial charge in [-0.2, -0.15) is 0 Å². The van der Waals surface area contributed by atoms with Crippen LogP contribution in [0, 0.1) is 24.2 Å². The van der Waals surface area contributed by atoms with E-state index in [1.807, 2.05) is 24.3 Å². The smallest absolute Gasteiger partial charge is 0.360 e. The Bertz CT molecular complexity index is 2220. The van der Waals surface area contributed by atoms with E-state index in [2.05, 4.69) is 58.4 Å². The maximum atomic E-state index is 12.0. The molecule has 2 aromatic heterocycles. The van der Waals surface area contributed by atoms with Gasteiger partial charge in [-0.1, -0.05) is 58.0 Å². The van der Waals surface area contributed by atoms with Crippen LogP contribution >= 0.6 is 15.9 Å². The minimum atomic E-state index is -1.66. The summed E-state index contributed by atoms with van der Waals surface area (Å²) in [5.74, 6) is 5.45. The third kappa shape index (κ3) is 9.33. The number of ether oxygens (including phenoxy) is 1. The molecule has 54 heavy (non-hydrogen) atoms. The molecule has 2 aliphatic heterocycles. The molecule has 2 atom stereocenters. The Morgan fingerprint density at radius 2 is 1.39 bits per heavy atom. The summed E-state index contributed by atoms with van der Waals surface area (Å²) in [5, 5.41) is 19.7. The van der Waals surface area contributed by atoms with E-state index in [-0.39, 0.29) is 35.4 Å². The van der Waals surface area contributed by atoms with Crippen LogP contribution in [0.15, 0.2) is 65.4 Å². The number of nitrogen functional groups attached to an aromatic ring is 2. The maximum absolute atomic E-state index is 12.0. The molecule has 2 aliphatic rings. The van der Waals surface area contributed by atoms with Crippen molar-refractivity contribution in [3.8, 4) is 46.7 Å². The Balaban J connectivity index is 0.000000200. The molecule has 17 heteroatoms. The lowest BCUT2D eigenvalue weighted by Gasteiger charge is -2.13. The molecule has 2 aromatic carbocycles. The summed E-state index contributed by atoms with van der Waals surface area (Å²) in [7, 11) is 4.52. The van der Waals surface area contributed by atoms with Crippen molar-refractivity contribution in [3.05, 3.63) is 82.3 Å². The summed E-state index contributed by atoms with van der Waals surface area (Å²) in [6.45, 7) is 1.00. The van der Waals surface area contributed by atoms with E-state index >= 15 is 0 Å². The average molecular weight is 799 g/mol. The molecule has 278 valence electrons. The van der Waals surface area contributed by atoms with E-state index in [4.69, 9.17) is 23.6 Å². The van der Waals surface area contributed by atoms with Crippen LogP contribution in [0.1, 0.15) is 39.4 Å². The predicted octanol–water partition coefficient (Wildman–Crippen LogP) is 1.26. The first-order valence-corrected chi connectivity index (χ1v) is 16.8. The number of anilines is 2. The summed E-state index contributed by atoms with van der Waals surface area (Å²) in [5.41, 5.74) is 16.2. The minimum Gasteiger partial charge on any atom is -0.464 e. The molecule has 0 radical (unpaired) electrons. The van der Waals surface area contributed by atoms with Gasteiger partial charge >= 0.3 is 5.97 Å². The third-order valence-electron chi connectivity index (χ3n) is 8.16. The number of terminal acetylenes is 1. The molecule has 8 N–H and O–H groups in total. The largest absolute Gasteiger partial charge is 0.464 e. The molecular weight excluding hydrogens is 762 g/mol. The van der Waals surface area contributed by atoms with Crippen LogP contribution in [-0.4, -0.2) is 109 Å². The highest BCUT2D eigenvalue weighted by atomic mass is 79.9. The van der Waals surface area contributed by atoms with E-state index in [0.29, 0.717) is 42.0 Å². The van der Waals surface area contributed by atoms with E-state index < -0.39 is 29.0 Å². The van der Waals surface area contributed by atoms with Crippen LogP contribution in [0.4, 0.5) is 11.6 Å². The van der Waals surface area contributed by atoms with Gasteiger partial charge < -0.3 is 42.0 Å². The number of esters is 1. The lowest BCUT2D eigenvalue weighted by atomic mass is 10.0. The molecule has 3 amide bonds. The second-order valence-corrected chi connectivity index (χ2v) is 12.9. The molecular formula is C37H36BrN9O7. The number of nitrogens with two attached hydrogens (primary N) is 3. The van der Waals surface area contributed by atoms with Crippen LogP contribution in [0.3, 0.4) is 0 Å². The fraction of sp³-hybridized carbons (Fsp3) is 0.243. The van der Waals surface area contributed by atoms with Crippen LogP contribution in [0.25, 0.3) is 22.5 Å². The number of aliphatic hydroxyl groups is 2. The first-order valence-electron chi connectivity index (χ1n) is 16.0. The quantitative estimate of drug-likeness (QED) is 0.144.